The van der Waals surface area contributed by atoms with Gasteiger partial charge in [-0.05, 0) is 63.3 Å². The van der Waals surface area contributed by atoms with E-state index in [2.05, 4.69) is 12.2 Å². The molecule has 1 fully saturated rings. The number of ether oxygens (including phenoxy) is 1. The van der Waals surface area contributed by atoms with Gasteiger partial charge in [-0.3, -0.25) is 9.59 Å². The molecular weight excluding hydrogens is 328 g/mol. The van der Waals surface area contributed by atoms with Crippen molar-refractivity contribution in [2.24, 2.45) is 11.8 Å². The van der Waals surface area contributed by atoms with Crippen LogP contribution in [0.25, 0.3) is 0 Å². The molecule has 0 bridgehead atoms. The second-order valence-electron chi connectivity index (χ2n) is 7.11. The molecule has 144 valence electrons. The number of nitrogens with one attached hydrogen (secondary N) is 1. The van der Waals surface area contributed by atoms with Gasteiger partial charge in [0.15, 0.2) is 0 Å². The van der Waals surface area contributed by atoms with E-state index in [0.717, 1.165) is 56.5 Å². The fourth-order valence-electron chi connectivity index (χ4n) is 3.47. The molecule has 0 unspecified atom stereocenters. The molecule has 2 amide bonds. The van der Waals surface area contributed by atoms with Crippen LogP contribution in [0.1, 0.15) is 52.4 Å². The number of benzene rings is 1. The molecule has 0 saturated heterocycles. The largest absolute Gasteiger partial charge is 0.494 e. The van der Waals surface area contributed by atoms with Gasteiger partial charge in [0.1, 0.15) is 5.75 Å². The molecule has 0 aliphatic heterocycles. The lowest BCUT2D eigenvalue weighted by atomic mass is 9.81. The summed E-state index contributed by atoms with van der Waals surface area (Å²) in [5.41, 5.74) is 0.788. The number of carbonyl (C=O) groups excluding carboxylic acids is 2. The first-order valence-electron chi connectivity index (χ1n) is 9.83. The van der Waals surface area contributed by atoms with Crippen LogP contribution in [0.3, 0.4) is 0 Å². The number of unbranched alkanes of at least 4 members (excludes halogenated alkanes) is 1. The van der Waals surface area contributed by atoms with E-state index in [0.29, 0.717) is 6.61 Å². The first-order chi connectivity index (χ1) is 12.5. The van der Waals surface area contributed by atoms with Crippen LogP contribution in [0.2, 0.25) is 0 Å². The van der Waals surface area contributed by atoms with Gasteiger partial charge in [0.2, 0.25) is 11.8 Å². The van der Waals surface area contributed by atoms with E-state index < -0.39 is 0 Å². The van der Waals surface area contributed by atoms with Gasteiger partial charge in [-0.1, -0.05) is 13.3 Å². The van der Waals surface area contributed by atoms with E-state index in [1.165, 1.54) is 0 Å². The number of amides is 2. The Labute approximate surface area is 157 Å². The van der Waals surface area contributed by atoms with Gasteiger partial charge in [0.25, 0.3) is 0 Å². The van der Waals surface area contributed by atoms with E-state index in [1.807, 2.05) is 43.1 Å². The summed E-state index contributed by atoms with van der Waals surface area (Å²) in [4.78, 5) is 26.8. The maximum atomic E-state index is 12.5. The molecule has 1 saturated carbocycles. The fourth-order valence-corrected chi connectivity index (χ4v) is 3.47. The van der Waals surface area contributed by atoms with Gasteiger partial charge in [0.05, 0.1) is 6.61 Å². The van der Waals surface area contributed by atoms with E-state index in [9.17, 15) is 9.59 Å². The van der Waals surface area contributed by atoms with Crippen molar-refractivity contribution in [3.63, 3.8) is 0 Å². The third-order valence-electron chi connectivity index (χ3n) is 5.10. The summed E-state index contributed by atoms with van der Waals surface area (Å²) in [6, 6.07) is 7.45. The number of hydrogen-bond donors (Lipinski definition) is 1. The van der Waals surface area contributed by atoms with Crippen LogP contribution in [0, 0.1) is 11.8 Å². The highest BCUT2D eigenvalue weighted by atomic mass is 16.5. The SMILES string of the molecule is CCCCN(C)C(=O)C1CCC(C(=O)Nc2ccc(OCC)cc2)CC1. The van der Waals surface area contributed by atoms with E-state index in [-0.39, 0.29) is 23.7 Å². The molecule has 26 heavy (non-hydrogen) atoms. The zero-order chi connectivity index (χ0) is 18.9. The molecule has 1 aromatic carbocycles. The highest BCUT2D eigenvalue weighted by Gasteiger charge is 2.31. The molecule has 1 aliphatic carbocycles. The number of carbonyl (C=O) groups is 2. The van der Waals surface area contributed by atoms with Crippen molar-refractivity contribution in [3.05, 3.63) is 24.3 Å². The second kappa shape index (κ2) is 10.2. The Bertz CT molecular complexity index is 577. The molecule has 0 aromatic heterocycles. The van der Waals surface area contributed by atoms with Crippen LogP contribution in [0.15, 0.2) is 24.3 Å². The van der Waals surface area contributed by atoms with Crippen molar-refractivity contribution in [2.45, 2.75) is 52.4 Å². The fraction of sp³-hybridized carbons (Fsp3) is 0.619. The highest BCUT2D eigenvalue weighted by molar-refractivity contribution is 5.92. The Balaban J connectivity index is 1.79. The van der Waals surface area contributed by atoms with Crippen molar-refractivity contribution >= 4 is 17.5 Å². The quantitative estimate of drug-likeness (QED) is 0.760. The van der Waals surface area contributed by atoms with Gasteiger partial charge < -0.3 is 15.0 Å². The summed E-state index contributed by atoms with van der Waals surface area (Å²) in [7, 11) is 1.89. The van der Waals surface area contributed by atoms with Crippen LogP contribution < -0.4 is 10.1 Å². The normalized spacial score (nSPS) is 19.7. The topological polar surface area (TPSA) is 58.6 Å². The van der Waals surface area contributed by atoms with Gasteiger partial charge in [0, 0.05) is 31.1 Å². The third-order valence-corrected chi connectivity index (χ3v) is 5.10. The molecule has 0 heterocycles. The number of rotatable bonds is 8. The summed E-state index contributed by atoms with van der Waals surface area (Å²) >= 11 is 0. The van der Waals surface area contributed by atoms with E-state index in [4.69, 9.17) is 4.74 Å². The van der Waals surface area contributed by atoms with E-state index in [1.54, 1.807) is 0 Å². The molecule has 1 N–H and O–H groups in total. The minimum atomic E-state index is -0.00781. The van der Waals surface area contributed by atoms with E-state index >= 15 is 0 Å². The van der Waals surface area contributed by atoms with Crippen molar-refractivity contribution in [1.29, 1.82) is 0 Å². The zero-order valence-electron chi connectivity index (χ0n) is 16.3. The minimum Gasteiger partial charge on any atom is -0.494 e. The van der Waals surface area contributed by atoms with Crippen LogP contribution in [-0.4, -0.2) is 36.9 Å². The Morgan fingerprint density at radius 1 is 1.08 bits per heavy atom. The smallest absolute Gasteiger partial charge is 0.227 e. The number of nitrogens with zero attached hydrogens (tertiary/aromatic N) is 1. The minimum absolute atomic E-state index is 0.00781. The zero-order valence-corrected chi connectivity index (χ0v) is 16.3. The van der Waals surface area contributed by atoms with Crippen LogP contribution in [0.5, 0.6) is 5.75 Å². The van der Waals surface area contributed by atoms with Gasteiger partial charge >= 0.3 is 0 Å². The predicted octanol–water partition coefficient (Wildman–Crippen LogP) is 4.09. The standard InChI is InChI=1S/C21H32N2O3/c1-4-6-15-23(3)21(25)17-9-7-16(8-10-17)20(24)22-18-11-13-19(14-12-18)26-5-2/h11-14,16-17H,4-10,15H2,1-3H3,(H,22,24). The third kappa shape index (κ3) is 5.75. The van der Waals surface area contributed by atoms with Crippen molar-refractivity contribution in [1.82, 2.24) is 4.90 Å². The van der Waals surface area contributed by atoms with Crippen molar-refractivity contribution in [3.8, 4) is 5.75 Å². The molecular formula is C21H32N2O3. The highest BCUT2D eigenvalue weighted by Crippen LogP contribution is 2.31. The van der Waals surface area contributed by atoms with Crippen LogP contribution in [0.4, 0.5) is 5.69 Å². The van der Waals surface area contributed by atoms with Crippen molar-refractivity contribution < 1.29 is 14.3 Å². The Morgan fingerprint density at radius 2 is 1.69 bits per heavy atom. The summed E-state index contributed by atoms with van der Waals surface area (Å²) in [6.07, 6.45) is 5.30. The maximum absolute atomic E-state index is 12.5. The molecule has 5 nitrogen and oxygen atoms in total. The number of hydrogen-bond acceptors (Lipinski definition) is 3. The molecule has 0 radical (unpaired) electrons. The lowest BCUT2D eigenvalue weighted by Crippen LogP contribution is -2.37. The lowest BCUT2D eigenvalue weighted by Gasteiger charge is -2.30. The number of anilines is 1. The molecule has 2 rings (SSSR count). The molecule has 0 atom stereocenters. The summed E-state index contributed by atoms with van der Waals surface area (Å²) in [5, 5.41) is 2.99. The first-order valence-corrected chi connectivity index (χ1v) is 9.83. The first kappa shape index (κ1) is 20.3. The maximum Gasteiger partial charge on any atom is 0.227 e. The predicted molar refractivity (Wildman–Crippen MR) is 104 cm³/mol. The summed E-state index contributed by atoms with van der Waals surface area (Å²) < 4.78 is 5.41. The summed E-state index contributed by atoms with van der Waals surface area (Å²) in [6.45, 7) is 5.53. The lowest BCUT2D eigenvalue weighted by molar-refractivity contribution is -0.136. The van der Waals surface area contributed by atoms with Crippen molar-refractivity contribution in [2.75, 3.05) is 25.5 Å². The molecule has 1 aromatic rings. The average molecular weight is 360 g/mol. The Morgan fingerprint density at radius 3 is 2.27 bits per heavy atom. The average Bonchev–Trinajstić information content (AvgIpc) is 2.67. The molecule has 5 heteroatoms. The van der Waals surface area contributed by atoms with Gasteiger partial charge in [-0.25, -0.2) is 0 Å². The van der Waals surface area contributed by atoms with Crippen LogP contribution in [-0.2, 0) is 9.59 Å². The molecule has 1 aliphatic rings. The molecule has 0 spiro atoms. The Hall–Kier alpha value is -2.04. The van der Waals surface area contributed by atoms with Crippen LogP contribution >= 0.6 is 0 Å². The van der Waals surface area contributed by atoms with Gasteiger partial charge in [-0.2, -0.15) is 0 Å². The second-order valence-corrected chi connectivity index (χ2v) is 7.11. The summed E-state index contributed by atoms with van der Waals surface area (Å²) in [5.74, 6) is 1.16. The Kier molecular flexibility index (Phi) is 7.95. The van der Waals surface area contributed by atoms with Gasteiger partial charge in [-0.15, -0.1) is 0 Å². The monoisotopic (exact) mass is 360 g/mol.